The van der Waals surface area contributed by atoms with Crippen LogP contribution in [-0.4, -0.2) is 0 Å². The third-order valence-electron chi connectivity index (χ3n) is 1.97. The van der Waals surface area contributed by atoms with Crippen molar-refractivity contribution in [2.75, 3.05) is 0 Å². The molecule has 0 atom stereocenters. The monoisotopic (exact) mass is 180 g/mol. The van der Waals surface area contributed by atoms with Crippen molar-refractivity contribution in [2.45, 2.75) is 52.9 Å². The maximum absolute atomic E-state index is 2.27. The Morgan fingerprint density at radius 1 is 1.00 bits per heavy atom. The number of hydrogen-bond donors (Lipinski definition) is 0. The van der Waals surface area contributed by atoms with Gasteiger partial charge in [0.2, 0.25) is 0 Å². The second kappa shape index (κ2) is 9.57. The number of rotatable bonds is 7. The van der Waals surface area contributed by atoms with E-state index in [1.165, 1.54) is 32.1 Å². The average molecular weight is 180 g/mol. The molecule has 0 unspecified atom stereocenters. The van der Waals surface area contributed by atoms with Gasteiger partial charge >= 0.3 is 0 Å². The van der Waals surface area contributed by atoms with E-state index in [9.17, 15) is 0 Å². The Balaban J connectivity index is 3.21. The lowest BCUT2D eigenvalue weighted by Gasteiger charge is -1.93. The van der Waals surface area contributed by atoms with Crippen molar-refractivity contribution in [1.29, 1.82) is 0 Å². The van der Waals surface area contributed by atoms with Crippen LogP contribution < -0.4 is 0 Å². The molecule has 0 N–H and O–H groups in total. The molecule has 0 aliphatic carbocycles. The van der Waals surface area contributed by atoms with Crippen LogP contribution in [0.25, 0.3) is 0 Å². The first-order valence-corrected chi connectivity index (χ1v) is 5.60. The standard InChI is InChI=1S/C13H24/c1-4-5-6-7-8-9-10-11-12-13(2)3/h9-13H,4-8H2,1-3H3. The van der Waals surface area contributed by atoms with E-state index < -0.39 is 0 Å². The molecule has 0 heterocycles. The number of hydrogen-bond acceptors (Lipinski definition) is 0. The highest BCUT2D eigenvalue weighted by Crippen LogP contribution is 2.03. The summed E-state index contributed by atoms with van der Waals surface area (Å²) in [6, 6.07) is 0. The molecule has 0 amide bonds. The van der Waals surface area contributed by atoms with Gasteiger partial charge in [0.25, 0.3) is 0 Å². The summed E-state index contributed by atoms with van der Waals surface area (Å²) >= 11 is 0. The predicted molar refractivity (Wildman–Crippen MR) is 61.9 cm³/mol. The molecule has 0 aromatic carbocycles. The quantitative estimate of drug-likeness (QED) is 0.392. The van der Waals surface area contributed by atoms with Crippen LogP contribution in [0.5, 0.6) is 0 Å². The fourth-order valence-electron chi connectivity index (χ4n) is 1.15. The minimum atomic E-state index is 0.671. The van der Waals surface area contributed by atoms with Crippen molar-refractivity contribution in [1.82, 2.24) is 0 Å². The Bertz CT molecular complexity index is 140. The van der Waals surface area contributed by atoms with Crippen LogP contribution in [-0.2, 0) is 0 Å². The van der Waals surface area contributed by atoms with Gasteiger partial charge in [0.15, 0.2) is 0 Å². The molecule has 0 saturated carbocycles. The molecule has 0 aromatic rings. The molecule has 0 bridgehead atoms. The van der Waals surface area contributed by atoms with Crippen molar-refractivity contribution in [3.8, 4) is 0 Å². The summed E-state index contributed by atoms with van der Waals surface area (Å²) in [5.74, 6) is 0.671. The van der Waals surface area contributed by atoms with Crippen LogP contribution >= 0.6 is 0 Å². The molecule has 76 valence electrons. The lowest BCUT2D eigenvalue weighted by Crippen LogP contribution is -1.75. The first kappa shape index (κ1) is 12.5. The van der Waals surface area contributed by atoms with Crippen molar-refractivity contribution < 1.29 is 0 Å². The first-order valence-electron chi connectivity index (χ1n) is 5.60. The summed E-state index contributed by atoms with van der Waals surface area (Å²) < 4.78 is 0. The van der Waals surface area contributed by atoms with E-state index in [0.717, 1.165) is 0 Å². The minimum Gasteiger partial charge on any atom is -0.0845 e. The molecule has 0 aliphatic heterocycles. The first-order chi connectivity index (χ1) is 6.27. The van der Waals surface area contributed by atoms with Crippen LogP contribution in [0.15, 0.2) is 24.3 Å². The van der Waals surface area contributed by atoms with E-state index in [4.69, 9.17) is 0 Å². The van der Waals surface area contributed by atoms with Crippen LogP contribution in [0.4, 0.5) is 0 Å². The zero-order valence-corrected chi connectivity index (χ0v) is 9.42. The molecule has 0 radical (unpaired) electrons. The smallest absolute Gasteiger partial charge is 0.0287 e. The summed E-state index contributed by atoms with van der Waals surface area (Å²) in [6.07, 6.45) is 15.5. The normalized spacial score (nSPS) is 12.3. The molecule has 0 fully saturated rings. The zero-order chi connectivity index (χ0) is 9.94. The predicted octanol–water partition coefficient (Wildman–Crippen LogP) is 4.73. The van der Waals surface area contributed by atoms with Crippen molar-refractivity contribution in [3.63, 3.8) is 0 Å². The van der Waals surface area contributed by atoms with E-state index in [0.29, 0.717) is 5.92 Å². The van der Waals surface area contributed by atoms with E-state index in [1.807, 2.05) is 0 Å². The van der Waals surface area contributed by atoms with Crippen LogP contribution in [0.2, 0.25) is 0 Å². The molecule has 0 heteroatoms. The Labute approximate surface area is 83.7 Å². The molecule has 0 rings (SSSR count). The Morgan fingerprint density at radius 3 is 2.38 bits per heavy atom. The fourth-order valence-corrected chi connectivity index (χ4v) is 1.15. The van der Waals surface area contributed by atoms with Gasteiger partial charge in [-0.15, -0.1) is 0 Å². The zero-order valence-electron chi connectivity index (χ0n) is 9.42. The van der Waals surface area contributed by atoms with Gasteiger partial charge < -0.3 is 0 Å². The third kappa shape index (κ3) is 11.5. The van der Waals surface area contributed by atoms with E-state index in [-0.39, 0.29) is 0 Å². The Hall–Kier alpha value is -0.520. The van der Waals surface area contributed by atoms with Gasteiger partial charge in [0.1, 0.15) is 0 Å². The lowest BCUT2D eigenvalue weighted by molar-refractivity contribution is 0.674. The number of allylic oxidation sites excluding steroid dienone is 4. The average Bonchev–Trinajstić information content (AvgIpc) is 2.09. The van der Waals surface area contributed by atoms with Crippen molar-refractivity contribution in [2.24, 2.45) is 5.92 Å². The second-order valence-corrected chi connectivity index (χ2v) is 3.91. The third-order valence-corrected chi connectivity index (χ3v) is 1.97. The Morgan fingerprint density at radius 2 is 1.77 bits per heavy atom. The van der Waals surface area contributed by atoms with E-state index >= 15 is 0 Å². The van der Waals surface area contributed by atoms with Gasteiger partial charge in [0, 0.05) is 0 Å². The highest BCUT2D eigenvalue weighted by molar-refractivity contribution is 5.03. The maximum Gasteiger partial charge on any atom is -0.0287 e. The summed E-state index contributed by atoms with van der Waals surface area (Å²) in [5.41, 5.74) is 0. The molecular weight excluding hydrogens is 156 g/mol. The second-order valence-electron chi connectivity index (χ2n) is 3.91. The van der Waals surface area contributed by atoms with Crippen LogP contribution in [0, 0.1) is 5.92 Å². The van der Waals surface area contributed by atoms with Crippen molar-refractivity contribution >= 4 is 0 Å². The van der Waals surface area contributed by atoms with Crippen LogP contribution in [0.1, 0.15) is 52.9 Å². The van der Waals surface area contributed by atoms with E-state index in [1.54, 1.807) is 0 Å². The summed E-state index contributed by atoms with van der Waals surface area (Å²) in [7, 11) is 0. The van der Waals surface area contributed by atoms with Crippen LogP contribution in [0.3, 0.4) is 0 Å². The van der Waals surface area contributed by atoms with E-state index in [2.05, 4.69) is 45.1 Å². The van der Waals surface area contributed by atoms with Gasteiger partial charge in [-0.3, -0.25) is 0 Å². The SMILES string of the molecule is CCCCCCC=CC=CC(C)C. The molecule has 0 nitrogen and oxygen atoms in total. The molecule has 13 heavy (non-hydrogen) atoms. The molecule has 0 aliphatic rings. The van der Waals surface area contributed by atoms with Gasteiger partial charge in [-0.1, -0.05) is 64.3 Å². The summed E-state index contributed by atoms with van der Waals surface area (Å²) in [6.45, 7) is 6.65. The minimum absolute atomic E-state index is 0.671. The summed E-state index contributed by atoms with van der Waals surface area (Å²) in [5, 5.41) is 0. The lowest BCUT2D eigenvalue weighted by atomic mass is 10.1. The number of unbranched alkanes of at least 4 members (excludes halogenated alkanes) is 4. The van der Waals surface area contributed by atoms with Gasteiger partial charge in [-0.05, 0) is 18.8 Å². The molecule has 0 spiro atoms. The van der Waals surface area contributed by atoms with Gasteiger partial charge in [-0.2, -0.15) is 0 Å². The highest BCUT2D eigenvalue weighted by atomic mass is 13.9. The van der Waals surface area contributed by atoms with Crippen molar-refractivity contribution in [3.05, 3.63) is 24.3 Å². The van der Waals surface area contributed by atoms with Gasteiger partial charge in [0.05, 0.1) is 0 Å². The molecule has 0 saturated heterocycles. The summed E-state index contributed by atoms with van der Waals surface area (Å²) in [4.78, 5) is 0. The Kier molecular flexibility index (Phi) is 9.18. The maximum atomic E-state index is 2.27. The molecule has 0 aromatic heterocycles. The largest absolute Gasteiger partial charge is 0.0845 e. The fraction of sp³-hybridized carbons (Fsp3) is 0.692. The highest BCUT2D eigenvalue weighted by Gasteiger charge is 1.83. The molecular formula is C13H24. The van der Waals surface area contributed by atoms with Gasteiger partial charge in [-0.25, -0.2) is 0 Å². The topological polar surface area (TPSA) is 0 Å².